The van der Waals surface area contributed by atoms with Crippen LogP contribution >= 0.6 is 21.6 Å². The van der Waals surface area contributed by atoms with Crippen LogP contribution in [0.3, 0.4) is 0 Å². The maximum absolute atomic E-state index is 13.6. The Kier molecular flexibility index (Phi) is 4.67. The molecule has 148 valence electrons. The van der Waals surface area contributed by atoms with Gasteiger partial charge in [-0.1, -0.05) is 34.6 Å². The van der Waals surface area contributed by atoms with Gasteiger partial charge in [0, 0.05) is 19.9 Å². The van der Waals surface area contributed by atoms with Crippen LogP contribution in [0, 0.1) is 11.3 Å². The number of carbonyl (C=O) groups is 2. The van der Waals surface area contributed by atoms with E-state index in [4.69, 9.17) is 14.7 Å². The summed E-state index contributed by atoms with van der Waals surface area (Å²) >= 11 is 0. The molecule has 4 aliphatic heterocycles. The Morgan fingerprint density at radius 1 is 1.25 bits per heavy atom. The summed E-state index contributed by atoms with van der Waals surface area (Å²) in [5.74, 6) is 1.11. The van der Waals surface area contributed by atoms with Gasteiger partial charge in [-0.2, -0.15) is 5.26 Å². The molecule has 28 heavy (non-hydrogen) atoms. The average molecular weight is 420 g/mol. The Bertz CT molecular complexity index is 888. The maximum Gasteiger partial charge on any atom is 0.261 e. The molecule has 5 rings (SSSR count). The van der Waals surface area contributed by atoms with E-state index >= 15 is 0 Å². The first-order valence-corrected chi connectivity index (χ1v) is 11.3. The molecule has 1 aromatic carbocycles. The first-order chi connectivity index (χ1) is 13.4. The van der Waals surface area contributed by atoms with Crippen molar-refractivity contribution >= 4 is 33.4 Å². The number of ether oxygens (including phenoxy) is 2. The number of likely N-dealkylation sites (N-methyl/N-ethyl adjacent to an activating group) is 1. The lowest BCUT2D eigenvalue weighted by Crippen LogP contribution is -2.75. The molecule has 0 N–H and O–H groups in total. The minimum Gasteiger partial charge on any atom is -0.454 e. The van der Waals surface area contributed by atoms with Gasteiger partial charge in [0.15, 0.2) is 21.2 Å². The molecule has 3 atom stereocenters. The molecule has 2 amide bonds. The van der Waals surface area contributed by atoms with Crippen LogP contribution in [0.4, 0.5) is 0 Å². The minimum atomic E-state index is -1.08. The van der Waals surface area contributed by atoms with Gasteiger partial charge in [-0.05, 0) is 31.0 Å². The Morgan fingerprint density at radius 2 is 2.00 bits per heavy atom. The average Bonchev–Trinajstić information content (AvgIpc) is 3.17. The van der Waals surface area contributed by atoms with Crippen molar-refractivity contribution in [1.29, 1.82) is 5.26 Å². The van der Waals surface area contributed by atoms with Crippen molar-refractivity contribution in [1.82, 2.24) is 9.80 Å². The second-order valence-corrected chi connectivity index (χ2v) is 9.97. The number of hydrogen-bond acceptors (Lipinski definition) is 7. The molecule has 2 bridgehead atoms. The molecular formula is C19H21N3O4S2. The van der Waals surface area contributed by atoms with Crippen LogP contribution in [0.2, 0.25) is 0 Å². The van der Waals surface area contributed by atoms with Crippen LogP contribution in [-0.4, -0.2) is 45.2 Å². The molecule has 1 unspecified atom stereocenters. The fourth-order valence-corrected chi connectivity index (χ4v) is 7.49. The summed E-state index contributed by atoms with van der Waals surface area (Å²) in [6.45, 7) is 3.97. The molecule has 0 radical (unpaired) electrons. The van der Waals surface area contributed by atoms with Gasteiger partial charge in [-0.15, -0.1) is 0 Å². The molecule has 1 aromatic rings. The zero-order chi connectivity index (χ0) is 20.1. The third kappa shape index (κ3) is 2.51. The molecular weight excluding hydrogens is 398 g/mol. The quantitative estimate of drug-likeness (QED) is 0.677. The predicted molar refractivity (Wildman–Crippen MR) is 106 cm³/mol. The van der Waals surface area contributed by atoms with Crippen molar-refractivity contribution in [3.63, 3.8) is 0 Å². The Morgan fingerprint density at radius 3 is 2.71 bits per heavy atom. The summed E-state index contributed by atoms with van der Waals surface area (Å²) in [5, 5.41) is 9.17. The molecule has 3 saturated heterocycles. The van der Waals surface area contributed by atoms with Gasteiger partial charge in [0.05, 0.1) is 12.1 Å². The number of benzene rings is 1. The van der Waals surface area contributed by atoms with Gasteiger partial charge in [-0.25, -0.2) is 0 Å². The van der Waals surface area contributed by atoms with Crippen molar-refractivity contribution in [2.24, 2.45) is 0 Å². The van der Waals surface area contributed by atoms with E-state index in [0.717, 1.165) is 5.56 Å². The van der Waals surface area contributed by atoms with Crippen LogP contribution < -0.4 is 9.47 Å². The molecule has 7 nitrogen and oxygen atoms in total. The van der Waals surface area contributed by atoms with Gasteiger partial charge in [-0.3, -0.25) is 9.59 Å². The SMILES string of the molecule is CC[C@H](c1ccc2c(c1)OCO2)N1C(=O)[C@@]2(C)SSC1(CCC#N)C(=O)N2C. The molecule has 0 spiro atoms. The summed E-state index contributed by atoms with van der Waals surface area (Å²) < 4.78 is 10.9. The third-order valence-electron chi connectivity index (χ3n) is 5.68. The van der Waals surface area contributed by atoms with Crippen LogP contribution in [-0.2, 0) is 9.59 Å². The standard InChI is InChI=1S/C19H21N3O4S2/c1-4-13(12-6-7-14-15(10-12)26-11-25-14)22-16(23)18(2)21(3)17(24)19(22,28-27-18)8-5-9-20/h6-7,10,13H,4-5,8,11H2,1-3H3/t13-,18-,19?/m1/s1. The van der Waals surface area contributed by atoms with Gasteiger partial charge in [0.25, 0.3) is 11.8 Å². The van der Waals surface area contributed by atoms with Crippen molar-refractivity contribution in [3.8, 4) is 17.6 Å². The first kappa shape index (κ1) is 19.3. The number of rotatable bonds is 5. The highest BCUT2D eigenvalue weighted by molar-refractivity contribution is 8.78. The van der Waals surface area contributed by atoms with Crippen molar-refractivity contribution < 1.29 is 19.1 Å². The molecule has 0 aromatic heterocycles. The van der Waals surface area contributed by atoms with E-state index in [-0.39, 0.29) is 31.1 Å². The lowest BCUT2D eigenvalue weighted by Gasteiger charge is -2.60. The monoisotopic (exact) mass is 419 g/mol. The number of fused-ring (bicyclic) bond motifs is 4. The zero-order valence-corrected chi connectivity index (χ0v) is 17.6. The number of carbonyl (C=O) groups excluding carboxylic acids is 2. The summed E-state index contributed by atoms with van der Waals surface area (Å²) in [5.41, 5.74) is 0.897. The summed E-state index contributed by atoms with van der Waals surface area (Å²) in [7, 11) is 4.49. The molecule has 0 aliphatic carbocycles. The largest absolute Gasteiger partial charge is 0.454 e. The fourth-order valence-electron chi connectivity index (χ4n) is 3.98. The van der Waals surface area contributed by atoms with Crippen LogP contribution in [0.25, 0.3) is 0 Å². The van der Waals surface area contributed by atoms with Gasteiger partial charge < -0.3 is 19.3 Å². The van der Waals surface area contributed by atoms with Crippen LogP contribution in [0.1, 0.15) is 44.7 Å². The van der Waals surface area contributed by atoms with Crippen molar-refractivity contribution in [2.75, 3.05) is 13.8 Å². The van der Waals surface area contributed by atoms with Crippen molar-refractivity contribution in [2.45, 2.75) is 48.9 Å². The highest BCUT2D eigenvalue weighted by atomic mass is 33.1. The number of piperazine rings is 1. The molecule has 4 heterocycles. The molecule has 3 fully saturated rings. The van der Waals surface area contributed by atoms with E-state index in [1.165, 1.54) is 26.5 Å². The third-order valence-corrected chi connectivity index (χ3v) is 9.44. The number of amides is 2. The number of nitriles is 1. The lowest BCUT2D eigenvalue weighted by molar-refractivity contribution is -0.168. The molecule has 9 heteroatoms. The zero-order valence-electron chi connectivity index (χ0n) is 15.9. The van der Waals surface area contributed by atoms with E-state index in [9.17, 15) is 9.59 Å². The highest BCUT2D eigenvalue weighted by Crippen LogP contribution is 2.62. The van der Waals surface area contributed by atoms with Crippen LogP contribution in [0.5, 0.6) is 11.5 Å². The fraction of sp³-hybridized carbons (Fsp3) is 0.526. The predicted octanol–water partition coefficient (Wildman–Crippen LogP) is 3.28. The normalized spacial score (nSPS) is 29.2. The molecule has 4 aliphatic rings. The lowest BCUT2D eigenvalue weighted by atomic mass is 9.93. The van der Waals surface area contributed by atoms with E-state index < -0.39 is 9.74 Å². The summed E-state index contributed by atoms with van der Waals surface area (Å²) in [6, 6.07) is 7.48. The Balaban J connectivity index is 1.81. The van der Waals surface area contributed by atoms with E-state index in [0.29, 0.717) is 24.3 Å². The van der Waals surface area contributed by atoms with Gasteiger partial charge in [0.2, 0.25) is 6.79 Å². The van der Waals surface area contributed by atoms with Crippen LogP contribution in [0.15, 0.2) is 18.2 Å². The highest BCUT2D eigenvalue weighted by Gasteiger charge is 2.67. The smallest absolute Gasteiger partial charge is 0.261 e. The van der Waals surface area contributed by atoms with E-state index in [1.54, 1.807) is 18.9 Å². The van der Waals surface area contributed by atoms with E-state index in [2.05, 4.69) is 6.07 Å². The summed E-state index contributed by atoms with van der Waals surface area (Å²) in [6.07, 6.45) is 1.14. The minimum absolute atomic E-state index is 0.0965. The summed E-state index contributed by atoms with van der Waals surface area (Å²) in [4.78, 5) is 28.2. The Hall–Kier alpha value is -2.05. The van der Waals surface area contributed by atoms with E-state index in [1.807, 2.05) is 25.1 Å². The number of hydrogen-bond donors (Lipinski definition) is 0. The second kappa shape index (κ2) is 6.78. The maximum atomic E-state index is 13.6. The molecule has 0 saturated carbocycles. The second-order valence-electron chi connectivity index (χ2n) is 7.17. The van der Waals surface area contributed by atoms with Gasteiger partial charge >= 0.3 is 0 Å². The number of nitrogens with zero attached hydrogens (tertiary/aromatic N) is 3. The topological polar surface area (TPSA) is 82.9 Å². The van der Waals surface area contributed by atoms with Gasteiger partial charge in [0.1, 0.15) is 0 Å². The first-order valence-electron chi connectivity index (χ1n) is 9.14. The van der Waals surface area contributed by atoms with Crippen molar-refractivity contribution in [3.05, 3.63) is 23.8 Å². The Labute approximate surface area is 171 Å².